The second-order valence-electron chi connectivity index (χ2n) is 6.06. The van der Waals surface area contributed by atoms with Gasteiger partial charge in [-0.2, -0.15) is 0 Å². The lowest BCUT2D eigenvalue weighted by Gasteiger charge is -2.23. The van der Waals surface area contributed by atoms with Crippen LogP contribution in [0.4, 0.5) is 0 Å². The lowest BCUT2D eigenvalue weighted by molar-refractivity contribution is -0.132. The van der Waals surface area contributed by atoms with Gasteiger partial charge in [0.2, 0.25) is 5.91 Å². The van der Waals surface area contributed by atoms with Gasteiger partial charge in [-0.25, -0.2) is 0 Å². The number of rotatable bonds is 3. The van der Waals surface area contributed by atoms with Crippen molar-refractivity contribution in [3.05, 3.63) is 57.8 Å². The molecule has 114 valence electrons. The summed E-state index contributed by atoms with van der Waals surface area (Å²) >= 11 is 3.72. The topological polar surface area (TPSA) is 20.3 Å². The molecule has 4 heteroatoms. The molecule has 0 N–H and O–H groups in total. The van der Waals surface area contributed by atoms with Crippen molar-refractivity contribution in [2.75, 3.05) is 12.3 Å². The molecule has 1 aromatic heterocycles. The number of aryl methyl sites for hydroxylation is 1. The molecule has 1 saturated carbocycles. The van der Waals surface area contributed by atoms with Crippen molar-refractivity contribution in [3.63, 3.8) is 0 Å². The first kappa shape index (κ1) is 14.3. The first-order valence-corrected chi connectivity index (χ1v) is 9.64. The highest BCUT2D eigenvalue weighted by Gasteiger charge is 2.48. The molecule has 2 nitrogen and oxygen atoms in total. The molecule has 1 amide bonds. The Bertz CT molecular complexity index is 681. The third-order valence-corrected chi connectivity index (χ3v) is 6.96. The third kappa shape index (κ3) is 2.59. The summed E-state index contributed by atoms with van der Waals surface area (Å²) < 4.78 is 0. The number of carbonyl (C=O) groups excluding carboxylic acids is 1. The zero-order valence-corrected chi connectivity index (χ0v) is 14.2. The van der Waals surface area contributed by atoms with Gasteiger partial charge in [-0.05, 0) is 37.0 Å². The molecular weight excluding hydrogens is 310 g/mol. The van der Waals surface area contributed by atoms with Gasteiger partial charge in [0.05, 0.1) is 0 Å². The predicted octanol–water partition coefficient (Wildman–Crippen LogP) is 4.43. The summed E-state index contributed by atoms with van der Waals surface area (Å²) in [6.45, 7) is 3.02. The van der Waals surface area contributed by atoms with E-state index >= 15 is 0 Å². The Morgan fingerprint density at radius 1 is 1.18 bits per heavy atom. The number of thioether (sulfide) groups is 1. The molecule has 3 atom stereocenters. The van der Waals surface area contributed by atoms with E-state index in [1.165, 1.54) is 15.3 Å². The highest BCUT2D eigenvalue weighted by atomic mass is 32.2. The van der Waals surface area contributed by atoms with Crippen molar-refractivity contribution in [1.29, 1.82) is 0 Å². The molecule has 2 aliphatic rings. The standard InChI is InChI=1S/C18H19NOS2/c1-12-7-8-16(22-12)18-19(9-10-21-18)17(20)15-11-14(15)13-5-3-2-4-6-13/h2-8,14-15,18H,9-11H2,1H3. The number of hydrogen-bond acceptors (Lipinski definition) is 3. The maximum Gasteiger partial charge on any atom is 0.227 e. The molecule has 1 aromatic carbocycles. The van der Waals surface area contributed by atoms with Crippen LogP contribution in [0.3, 0.4) is 0 Å². The number of amides is 1. The van der Waals surface area contributed by atoms with E-state index in [0.717, 1.165) is 18.7 Å². The van der Waals surface area contributed by atoms with E-state index in [1.807, 2.05) is 29.2 Å². The van der Waals surface area contributed by atoms with Gasteiger partial charge in [-0.3, -0.25) is 4.79 Å². The lowest BCUT2D eigenvalue weighted by Crippen LogP contribution is -2.31. The molecule has 2 aromatic rings. The van der Waals surface area contributed by atoms with Crippen LogP contribution < -0.4 is 0 Å². The minimum atomic E-state index is 0.199. The van der Waals surface area contributed by atoms with E-state index in [0.29, 0.717) is 11.8 Å². The summed E-state index contributed by atoms with van der Waals surface area (Å²) in [5.41, 5.74) is 1.32. The number of thiophene rings is 1. The maximum atomic E-state index is 12.9. The third-order valence-electron chi connectivity index (χ3n) is 4.51. The van der Waals surface area contributed by atoms with Gasteiger partial charge in [0.25, 0.3) is 0 Å². The van der Waals surface area contributed by atoms with Gasteiger partial charge in [-0.15, -0.1) is 23.1 Å². The Hall–Kier alpha value is -1.26. The Morgan fingerprint density at radius 3 is 2.73 bits per heavy atom. The highest BCUT2D eigenvalue weighted by molar-refractivity contribution is 7.99. The van der Waals surface area contributed by atoms with Crippen molar-refractivity contribution in [2.24, 2.45) is 5.92 Å². The SMILES string of the molecule is Cc1ccc(C2SCCN2C(=O)C2CC2c2ccccc2)s1. The summed E-state index contributed by atoms with van der Waals surface area (Å²) in [4.78, 5) is 17.7. The zero-order valence-electron chi connectivity index (χ0n) is 12.6. The molecule has 0 radical (unpaired) electrons. The minimum absolute atomic E-state index is 0.199. The van der Waals surface area contributed by atoms with Crippen LogP contribution in [0, 0.1) is 12.8 Å². The van der Waals surface area contributed by atoms with Crippen LogP contribution >= 0.6 is 23.1 Å². The fourth-order valence-electron chi connectivity index (χ4n) is 3.27. The second kappa shape index (κ2) is 5.74. The van der Waals surface area contributed by atoms with Crippen LogP contribution in [0.5, 0.6) is 0 Å². The monoisotopic (exact) mass is 329 g/mol. The fourth-order valence-corrected chi connectivity index (χ4v) is 5.65. The molecule has 3 unspecified atom stereocenters. The maximum absolute atomic E-state index is 12.9. The average Bonchev–Trinajstić information content (AvgIpc) is 2.98. The van der Waals surface area contributed by atoms with Gasteiger partial charge in [0.1, 0.15) is 5.37 Å². The van der Waals surface area contributed by atoms with Crippen LogP contribution in [-0.4, -0.2) is 23.1 Å². The number of nitrogens with zero attached hydrogens (tertiary/aromatic N) is 1. The first-order chi connectivity index (χ1) is 10.7. The lowest BCUT2D eigenvalue weighted by atomic mass is 10.1. The molecule has 2 heterocycles. The molecule has 4 rings (SSSR count). The molecule has 0 bridgehead atoms. The zero-order chi connectivity index (χ0) is 15.1. The Labute approximate surface area is 139 Å². The van der Waals surface area contributed by atoms with Crippen molar-refractivity contribution in [2.45, 2.75) is 24.6 Å². The Kier molecular flexibility index (Phi) is 3.74. The van der Waals surface area contributed by atoms with E-state index in [4.69, 9.17) is 0 Å². The summed E-state index contributed by atoms with van der Waals surface area (Å²) in [6, 6.07) is 14.8. The van der Waals surface area contributed by atoms with Crippen LogP contribution in [0.1, 0.15) is 33.0 Å². The van der Waals surface area contributed by atoms with Crippen LogP contribution in [-0.2, 0) is 4.79 Å². The highest BCUT2D eigenvalue weighted by Crippen LogP contribution is 2.51. The Morgan fingerprint density at radius 2 is 2.00 bits per heavy atom. The van der Waals surface area contributed by atoms with Gasteiger partial charge >= 0.3 is 0 Å². The number of hydrogen-bond donors (Lipinski definition) is 0. The van der Waals surface area contributed by atoms with Crippen LogP contribution in [0.2, 0.25) is 0 Å². The van der Waals surface area contributed by atoms with Gasteiger partial charge in [0.15, 0.2) is 0 Å². The largest absolute Gasteiger partial charge is 0.325 e. The summed E-state index contributed by atoms with van der Waals surface area (Å²) in [7, 11) is 0. The molecule has 0 spiro atoms. The number of benzene rings is 1. The summed E-state index contributed by atoms with van der Waals surface area (Å²) in [5, 5.41) is 0.239. The predicted molar refractivity (Wildman–Crippen MR) is 93.3 cm³/mol. The molecule has 2 fully saturated rings. The van der Waals surface area contributed by atoms with E-state index in [1.54, 1.807) is 0 Å². The van der Waals surface area contributed by atoms with Gasteiger partial charge in [-0.1, -0.05) is 30.3 Å². The fraction of sp³-hybridized carbons (Fsp3) is 0.389. The van der Waals surface area contributed by atoms with Crippen molar-refractivity contribution >= 4 is 29.0 Å². The summed E-state index contributed by atoms with van der Waals surface area (Å²) in [5.74, 6) is 2.04. The van der Waals surface area contributed by atoms with Crippen molar-refractivity contribution in [1.82, 2.24) is 4.90 Å². The van der Waals surface area contributed by atoms with Gasteiger partial charge < -0.3 is 4.90 Å². The average molecular weight is 329 g/mol. The van der Waals surface area contributed by atoms with E-state index in [9.17, 15) is 4.79 Å². The van der Waals surface area contributed by atoms with E-state index in [2.05, 4.69) is 48.2 Å². The molecule has 1 aliphatic heterocycles. The smallest absolute Gasteiger partial charge is 0.227 e. The normalized spacial score (nSPS) is 27.1. The molecule has 1 saturated heterocycles. The van der Waals surface area contributed by atoms with Crippen LogP contribution in [0.15, 0.2) is 42.5 Å². The van der Waals surface area contributed by atoms with E-state index < -0.39 is 0 Å². The van der Waals surface area contributed by atoms with Crippen molar-refractivity contribution < 1.29 is 4.79 Å². The summed E-state index contributed by atoms with van der Waals surface area (Å²) in [6.07, 6.45) is 1.01. The second-order valence-corrected chi connectivity index (χ2v) is 8.57. The first-order valence-electron chi connectivity index (χ1n) is 7.77. The van der Waals surface area contributed by atoms with Gasteiger partial charge in [0, 0.05) is 28.0 Å². The van der Waals surface area contributed by atoms with E-state index in [-0.39, 0.29) is 11.3 Å². The molecule has 22 heavy (non-hydrogen) atoms. The minimum Gasteiger partial charge on any atom is -0.325 e. The van der Waals surface area contributed by atoms with Crippen LogP contribution in [0.25, 0.3) is 0 Å². The quantitative estimate of drug-likeness (QED) is 0.830. The number of carbonyl (C=O) groups is 1. The van der Waals surface area contributed by atoms with Crippen molar-refractivity contribution in [3.8, 4) is 0 Å². The Balaban J connectivity index is 1.49. The molecule has 1 aliphatic carbocycles. The molecular formula is C18H19NOS2.